The second-order valence-electron chi connectivity index (χ2n) is 4.31. The fourth-order valence-corrected chi connectivity index (χ4v) is 2.33. The van der Waals surface area contributed by atoms with Crippen LogP contribution in [0.15, 0.2) is 24.3 Å². The molecule has 16 heavy (non-hydrogen) atoms. The quantitative estimate of drug-likeness (QED) is 0.787. The van der Waals surface area contributed by atoms with E-state index in [4.69, 9.17) is 16.9 Å². The number of piperidine rings is 1. The predicted octanol–water partition coefficient (Wildman–Crippen LogP) is 3.08. The molecule has 0 unspecified atom stereocenters. The third-order valence-electron chi connectivity index (χ3n) is 3.07. The zero-order valence-corrected chi connectivity index (χ0v) is 9.95. The Kier molecular flexibility index (Phi) is 3.82. The van der Waals surface area contributed by atoms with Crippen molar-refractivity contribution in [2.45, 2.75) is 19.4 Å². The van der Waals surface area contributed by atoms with Gasteiger partial charge < -0.3 is 0 Å². The van der Waals surface area contributed by atoms with E-state index in [0.717, 1.165) is 37.5 Å². The van der Waals surface area contributed by atoms with Crippen LogP contribution in [0.2, 0.25) is 5.02 Å². The zero-order chi connectivity index (χ0) is 11.4. The average Bonchev–Trinajstić information content (AvgIpc) is 2.30. The molecule has 84 valence electrons. The molecule has 0 atom stereocenters. The highest BCUT2D eigenvalue weighted by atomic mass is 35.5. The highest BCUT2D eigenvalue weighted by Gasteiger charge is 2.18. The first-order valence-corrected chi connectivity index (χ1v) is 6.02. The average molecular weight is 235 g/mol. The molecule has 1 aliphatic heterocycles. The number of hydrogen-bond donors (Lipinski definition) is 0. The molecule has 0 saturated carbocycles. The molecule has 0 amide bonds. The highest BCUT2D eigenvalue weighted by molar-refractivity contribution is 6.30. The summed E-state index contributed by atoms with van der Waals surface area (Å²) in [5, 5.41) is 9.61. The fourth-order valence-electron chi connectivity index (χ4n) is 2.11. The molecule has 1 aliphatic rings. The van der Waals surface area contributed by atoms with Gasteiger partial charge in [-0.2, -0.15) is 5.26 Å². The Balaban J connectivity index is 1.90. The second-order valence-corrected chi connectivity index (χ2v) is 4.75. The van der Waals surface area contributed by atoms with Crippen molar-refractivity contribution in [3.8, 4) is 6.07 Å². The Morgan fingerprint density at radius 1 is 1.38 bits per heavy atom. The Labute approximate surface area is 101 Å². The summed E-state index contributed by atoms with van der Waals surface area (Å²) in [4.78, 5) is 2.39. The zero-order valence-electron chi connectivity index (χ0n) is 9.19. The number of benzene rings is 1. The summed E-state index contributed by atoms with van der Waals surface area (Å²) in [5.74, 6) is 0.260. The highest BCUT2D eigenvalue weighted by Crippen LogP contribution is 2.19. The predicted molar refractivity (Wildman–Crippen MR) is 65.1 cm³/mol. The van der Waals surface area contributed by atoms with Gasteiger partial charge in [0.2, 0.25) is 0 Å². The van der Waals surface area contributed by atoms with Gasteiger partial charge in [-0.3, -0.25) is 4.90 Å². The molecule has 1 saturated heterocycles. The standard InChI is InChI=1S/C13H15ClN2/c14-13-3-1-2-12(8-13)10-16-6-4-11(9-15)5-7-16/h1-3,8,11H,4-7,10H2. The van der Waals surface area contributed by atoms with E-state index < -0.39 is 0 Å². The van der Waals surface area contributed by atoms with E-state index in [1.165, 1.54) is 5.56 Å². The lowest BCUT2D eigenvalue weighted by molar-refractivity contribution is 0.198. The molecule has 2 nitrogen and oxygen atoms in total. The van der Waals surface area contributed by atoms with Crippen LogP contribution in [0.25, 0.3) is 0 Å². The molecule has 1 fully saturated rings. The van der Waals surface area contributed by atoms with Crippen molar-refractivity contribution in [3.63, 3.8) is 0 Å². The molecule has 2 rings (SSSR count). The Morgan fingerprint density at radius 2 is 2.12 bits per heavy atom. The molecule has 0 spiro atoms. The minimum absolute atomic E-state index is 0.260. The van der Waals surface area contributed by atoms with Crippen LogP contribution in [0, 0.1) is 17.2 Å². The van der Waals surface area contributed by atoms with Crippen LogP contribution in [0.4, 0.5) is 0 Å². The molecule has 0 N–H and O–H groups in total. The number of rotatable bonds is 2. The SMILES string of the molecule is N#CC1CCN(Cc2cccc(Cl)c2)CC1. The maximum absolute atomic E-state index is 8.82. The number of likely N-dealkylation sites (tertiary alicyclic amines) is 1. The molecule has 0 radical (unpaired) electrons. The third kappa shape index (κ3) is 2.98. The lowest BCUT2D eigenvalue weighted by atomic mass is 9.98. The molecule has 1 heterocycles. The van der Waals surface area contributed by atoms with E-state index in [2.05, 4.69) is 17.0 Å². The maximum atomic E-state index is 8.82. The third-order valence-corrected chi connectivity index (χ3v) is 3.30. The minimum Gasteiger partial charge on any atom is -0.299 e. The molecule has 0 aliphatic carbocycles. The number of nitriles is 1. The summed E-state index contributed by atoms with van der Waals surface area (Å²) in [5.41, 5.74) is 1.25. The van der Waals surface area contributed by atoms with E-state index in [0.29, 0.717) is 0 Å². The van der Waals surface area contributed by atoms with Crippen LogP contribution in [-0.2, 0) is 6.54 Å². The van der Waals surface area contributed by atoms with Crippen molar-refractivity contribution in [1.29, 1.82) is 5.26 Å². The first kappa shape index (κ1) is 11.4. The van der Waals surface area contributed by atoms with Crippen molar-refractivity contribution in [3.05, 3.63) is 34.9 Å². The molecule has 0 aromatic heterocycles. The van der Waals surface area contributed by atoms with Gasteiger partial charge >= 0.3 is 0 Å². The van der Waals surface area contributed by atoms with Crippen LogP contribution in [0.3, 0.4) is 0 Å². The van der Waals surface area contributed by atoms with Crippen molar-refractivity contribution in [2.75, 3.05) is 13.1 Å². The summed E-state index contributed by atoms with van der Waals surface area (Å²) in [7, 11) is 0. The Bertz CT molecular complexity index is 389. The lowest BCUT2D eigenvalue weighted by Gasteiger charge is -2.28. The van der Waals surface area contributed by atoms with Crippen LogP contribution in [-0.4, -0.2) is 18.0 Å². The van der Waals surface area contributed by atoms with E-state index in [9.17, 15) is 0 Å². The Morgan fingerprint density at radius 3 is 2.75 bits per heavy atom. The van der Waals surface area contributed by atoms with Gasteiger partial charge in [0, 0.05) is 17.5 Å². The van der Waals surface area contributed by atoms with E-state index in [1.807, 2.05) is 18.2 Å². The molecule has 1 aromatic rings. The van der Waals surface area contributed by atoms with Crippen LogP contribution in [0.5, 0.6) is 0 Å². The molecule has 3 heteroatoms. The summed E-state index contributed by atoms with van der Waals surface area (Å²) >= 11 is 5.95. The van der Waals surface area contributed by atoms with Crippen molar-refractivity contribution in [2.24, 2.45) is 5.92 Å². The van der Waals surface area contributed by atoms with Gasteiger partial charge in [-0.05, 0) is 43.6 Å². The van der Waals surface area contributed by atoms with Crippen LogP contribution < -0.4 is 0 Å². The van der Waals surface area contributed by atoms with E-state index >= 15 is 0 Å². The Hall–Kier alpha value is -1.04. The largest absolute Gasteiger partial charge is 0.299 e. The molecular formula is C13H15ClN2. The van der Waals surface area contributed by atoms with Gasteiger partial charge in [0.05, 0.1) is 6.07 Å². The van der Waals surface area contributed by atoms with Gasteiger partial charge in [-0.15, -0.1) is 0 Å². The van der Waals surface area contributed by atoms with Gasteiger partial charge in [-0.1, -0.05) is 23.7 Å². The lowest BCUT2D eigenvalue weighted by Crippen LogP contribution is -2.32. The van der Waals surface area contributed by atoms with Gasteiger partial charge in [0.1, 0.15) is 0 Å². The van der Waals surface area contributed by atoms with Gasteiger partial charge in [0.15, 0.2) is 0 Å². The number of halogens is 1. The second kappa shape index (κ2) is 5.34. The van der Waals surface area contributed by atoms with Crippen LogP contribution in [0.1, 0.15) is 18.4 Å². The van der Waals surface area contributed by atoms with Gasteiger partial charge in [-0.25, -0.2) is 0 Å². The van der Waals surface area contributed by atoms with Crippen molar-refractivity contribution in [1.82, 2.24) is 4.90 Å². The van der Waals surface area contributed by atoms with Gasteiger partial charge in [0.25, 0.3) is 0 Å². The normalized spacial score (nSPS) is 18.2. The van der Waals surface area contributed by atoms with Crippen LogP contribution >= 0.6 is 11.6 Å². The number of hydrogen-bond acceptors (Lipinski definition) is 2. The fraction of sp³-hybridized carbons (Fsp3) is 0.462. The topological polar surface area (TPSA) is 27.0 Å². The first-order valence-electron chi connectivity index (χ1n) is 5.64. The summed E-state index contributed by atoms with van der Waals surface area (Å²) < 4.78 is 0. The maximum Gasteiger partial charge on any atom is 0.0656 e. The summed E-state index contributed by atoms with van der Waals surface area (Å²) in [6, 6.07) is 10.3. The molecule has 0 bridgehead atoms. The minimum atomic E-state index is 0.260. The van der Waals surface area contributed by atoms with Crippen molar-refractivity contribution >= 4 is 11.6 Å². The van der Waals surface area contributed by atoms with E-state index in [1.54, 1.807) is 0 Å². The van der Waals surface area contributed by atoms with Crippen molar-refractivity contribution < 1.29 is 0 Å². The first-order chi connectivity index (χ1) is 7.78. The molecule has 1 aromatic carbocycles. The summed E-state index contributed by atoms with van der Waals surface area (Å²) in [6.07, 6.45) is 1.99. The monoisotopic (exact) mass is 234 g/mol. The smallest absolute Gasteiger partial charge is 0.0656 e. The number of nitrogens with zero attached hydrogens (tertiary/aromatic N) is 2. The molecular weight excluding hydrogens is 220 g/mol. The van der Waals surface area contributed by atoms with E-state index in [-0.39, 0.29) is 5.92 Å². The summed E-state index contributed by atoms with van der Waals surface area (Å²) in [6.45, 7) is 2.98.